The van der Waals surface area contributed by atoms with Crippen LogP contribution in [-0.4, -0.2) is 18.0 Å². The Labute approximate surface area is 153 Å². The average molecular weight is 409 g/mol. The number of hydrogen-bond donors (Lipinski definition) is 2. The molecule has 0 saturated heterocycles. The number of anilines is 1. The van der Waals surface area contributed by atoms with Crippen LogP contribution in [0.4, 0.5) is 5.69 Å². The fraction of sp³-hybridized carbons (Fsp3) is 0.118. The summed E-state index contributed by atoms with van der Waals surface area (Å²) in [6.07, 6.45) is 1.17. The lowest BCUT2D eigenvalue weighted by Gasteiger charge is -2.06. The molecule has 0 bridgehead atoms. The second kappa shape index (κ2) is 8.61. The van der Waals surface area contributed by atoms with E-state index in [0.29, 0.717) is 10.7 Å². The van der Waals surface area contributed by atoms with Gasteiger partial charge in [0.25, 0.3) is 0 Å². The number of carbonyl (C=O) groups excluding carboxylic acids is 2. The van der Waals surface area contributed by atoms with Crippen molar-refractivity contribution in [2.45, 2.75) is 13.3 Å². The summed E-state index contributed by atoms with van der Waals surface area (Å²) in [6.45, 7) is 1.87. The molecule has 2 amide bonds. The lowest BCUT2D eigenvalue weighted by Crippen LogP contribution is -2.24. The third kappa shape index (κ3) is 5.79. The third-order valence-corrected chi connectivity index (χ3v) is 3.99. The first-order chi connectivity index (χ1) is 11.4. The van der Waals surface area contributed by atoms with Crippen molar-refractivity contribution in [3.63, 3.8) is 0 Å². The first-order valence-electron chi connectivity index (χ1n) is 7.07. The predicted molar refractivity (Wildman–Crippen MR) is 99.3 cm³/mol. The van der Waals surface area contributed by atoms with Gasteiger partial charge in [0.15, 0.2) is 0 Å². The van der Waals surface area contributed by atoms with Crippen LogP contribution in [0.25, 0.3) is 0 Å². The summed E-state index contributed by atoms with van der Waals surface area (Å²) in [5, 5.41) is 6.98. The summed E-state index contributed by atoms with van der Waals surface area (Å²) >= 11 is 9.32. The highest BCUT2D eigenvalue weighted by molar-refractivity contribution is 9.10. The Morgan fingerprint density at radius 1 is 1.17 bits per heavy atom. The van der Waals surface area contributed by atoms with Crippen molar-refractivity contribution in [2.75, 3.05) is 5.32 Å². The molecule has 2 N–H and O–H groups in total. The van der Waals surface area contributed by atoms with E-state index >= 15 is 0 Å². The zero-order valence-electron chi connectivity index (χ0n) is 12.8. The van der Waals surface area contributed by atoms with Crippen LogP contribution in [0.15, 0.2) is 52.0 Å². The molecule has 0 unspecified atom stereocenters. The van der Waals surface area contributed by atoms with E-state index in [2.05, 4.69) is 31.8 Å². The summed E-state index contributed by atoms with van der Waals surface area (Å²) in [5.74, 6) is -0.940. The van der Waals surface area contributed by atoms with Crippen LogP contribution < -0.4 is 10.7 Å². The van der Waals surface area contributed by atoms with Gasteiger partial charge in [0.2, 0.25) is 11.8 Å². The molecule has 7 heteroatoms. The Morgan fingerprint density at radius 3 is 2.54 bits per heavy atom. The van der Waals surface area contributed by atoms with Gasteiger partial charge >= 0.3 is 0 Å². The Balaban J connectivity index is 1.81. The molecule has 5 nitrogen and oxygen atoms in total. The number of carbonyl (C=O) groups is 2. The maximum atomic E-state index is 11.8. The second-order valence-corrected chi connectivity index (χ2v) is 6.36. The molecule has 2 rings (SSSR count). The number of nitrogens with zero attached hydrogens (tertiary/aromatic N) is 1. The summed E-state index contributed by atoms with van der Waals surface area (Å²) in [4.78, 5) is 23.5. The standard InChI is InChI=1S/C17H15BrClN3O2/c1-11-2-7-14(8-15(11)19)21-16(23)9-17(24)22-20-10-12-3-5-13(18)6-4-12/h2-8,10H,9H2,1H3,(H,21,23)(H,22,24). The number of halogens is 2. The van der Waals surface area contributed by atoms with E-state index in [9.17, 15) is 9.59 Å². The molecule has 0 spiro atoms. The average Bonchev–Trinajstić information content (AvgIpc) is 2.53. The normalized spacial score (nSPS) is 10.6. The minimum atomic E-state index is -0.501. The monoisotopic (exact) mass is 407 g/mol. The molecular weight excluding hydrogens is 394 g/mol. The zero-order valence-corrected chi connectivity index (χ0v) is 15.2. The van der Waals surface area contributed by atoms with Crippen molar-refractivity contribution in [1.82, 2.24) is 5.43 Å². The number of aryl methyl sites for hydroxylation is 1. The first kappa shape index (κ1) is 18.2. The van der Waals surface area contributed by atoms with Gasteiger partial charge in [0.05, 0.1) is 6.21 Å². The SMILES string of the molecule is Cc1ccc(NC(=O)CC(=O)NN=Cc2ccc(Br)cc2)cc1Cl. The fourth-order valence-corrected chi connectivity index (χ4v) is 2.23. The van der Waals surface area contributed by atoms with Crippen LogP contribution >= 0.6 is 27.5 Å². The van der Waals surface area contributed by atoms with Crippen LogP contribution in [0.2, 0.25) is 5.02 Å². The highest BCUT2D eigenvalue weighted by atomic mass is 79.9. The maximum absolute atomic E-state index is 11.8. The van der Waals surface area contributed by atoms with E-state index in [0.717, 1.165) is 15.6 Å². The Kier molecular flexibility index (Phi) is 6.52. The van der Waals surface area contributed by atoms with Crippen LogP contribution in [0.1, 0.15) is 17.5 Å². The molecule has 0 saturated carbocycles. The number of benzene rings is 2. The molecule has 0 aliphatic heterocycles. The Morgan fingerprint density at radius 2 is 1.88 bits per heavy atom. The quantitative estimate of drug-likeness (QED) is 0.448. The van der Waals surface area contributed by atoms with Gasteiger partial charge in [0.1, 0.15) is 6.42 Å². The summed E-state index contributed by atoms with van der Waals surface area (Å²) < 4.78 is 0.955. The number of amides is 2. The summed E-state index contributed by atoms with van der Waals surface area (Å²) in [5.41, 5.74) is 4.60. The van der Waals surface area contributed by atoms with Gasteiger partial charge in [-0.1, -0.05) is 45.7 Å². The van der Waals surface area contributed by atoms with Crippen molar-refractivity contribution in [1.29, 1.82) is 0 Å². The molecule has 2 aromatic carbocycles. The van der Waals surface area contributed by atoms with E-state index in [1.54, 1.807) is 18.2 Å². The molecule has 0 aromatic heterocycles. The molecule has 0 atom stereocenters. The maximum Gasteiger partial charge on any atom is 0.249 e. The molecule has 24 heavy (non-hydrogen) atoms. The third-order valence-electron chi connectivity index (χ3n) is 3.05. The predicted octanol–water partition coefficient (Wildman–Crippen LogP) is 3.89. The van der Waals surface area contributed by atoms with Crippen molar-refractivity contribution in [3.05, 3.63) is 63.1 Å². The number of nitrogens with one attached hydrogen (secondary N) is 2. The Bertz CT molecular complexity index is 776. The molecule has 124 valence electrons. The lowest BCUT2D eigenvalue weighted by atomic mass is 10.2. The van der Waals surface area contributed by atoms with Gasteiger partial charge < -0.3 is 5.32 Å². The lowest BCUT2D eigenvalue weighted by molar-refractivity contribution is -0.126. The molecule has 0 fully saturated rings. The summed E-state index contributed by atoms with van der Waals surface area (Å²) in [7, 11) is 0. The topological polar surface area (TPSA) is 70.6 Å². The van der Waals surface area contributed by atoms with E-state index in [1.807, 2.05) is 31.2 Å². The van der Waals surface area contributed by atoms with Crippen LogP contribution in [0, 0.1) is 6.92 Å². The van der Waals surface area contributed by atoms with E-state index in [4.69, 9.17) is 11.6 Å². The molecule has 0 aliphatic rings. The van der Waals surface area contributed by atoms with E-state index in [1.165, 1.54) is 6.21 Å². The Hall–Kier alpha value is -2.18. The first-order valence-corrected chi connectivity index (χ1v) is 8.24. The minimum Gasteiger partial charge on any atom is -0.326 e. The molecule has 0 heterocycles. The van der Waals surface area contributed by atoms with Gasteiger partial charge in [0, 0.05) is 15.2 Å². The highest BCUT2D eigenvalue weighted by Crippen LogP contribution is 2.19. The van der Waals surface area contributed by atoms with E-state index < -0.39 is 11.8 Å². The second-order valence-electron chi connectivity index (χ2n) is 5.03. The van der Waals surface area contributed by atoms with Gasteiger partial charge in [-0.15, -0.1) is 0 Å². The zero-order chi connectivity index (χ0) is 17.5. The smallest absolute Gasteiger partial charge is 0.249 e. The number of hydrogen-bond acceptors (Lipinski definition) is 3. The van der Waals surface area contributed by atoms with Gasteiger partial charge in [-0.25, -0.2) is 5.43 Å². The molecule has 0 aliphatic carbocycles. The number of rotatable bonds is 5. The van der Waals surface area contributed by atoms with Gasteiger partial charge in [-0.3, -0.25) is 9.59 Å². The van der Waals surface area contributed by atoms with Crippen molar-refractivity contribution < 1.29 is 9.59 Å². The van der Waals surface area contributed by atoms with Crippen molar-refractivity contribution in [3.8, 4) is 0 Å². The van der Waals surface area contributed by atoms with Crippen molar-refractivity contribution >= 4 is 51.2 Å². The van der Waals surface area contributed by atoms with E-state index in [-0.39, 0.29) is 6.42 Å². The fourth-order valence-electron chi connectivity index (χ4n) is 1.79. The highest BCUT2D eigenvalue weighted by Gasteiger charge is 2.09. The van der Waals surface area contributed by atoms with Gasteiger partial charge in [-0.05, 0) is 42.3 Å². The van der Waals surface area contributed by atoms with Gasteiger partial charge in [-0.2, -0.15) is 5.10 Å². The molecular formula is C17H15BrClN3O2. The minimum absolute atomic E-state index is 0.330. The van der Waals surface area contributed by atoms with Crippen molar-refractivity contribution in [2.24, 2.45) is 5.10 Å². The van der Waals surface area contributed by atoms with Crippen LogP contribution in [0.3, 0.4) is 0 Å². The van der Waals surface area contributed by atoms with Crippen LogP contribution in [0.5, 0.6) is 0 Å². The van der Waals surface area contributed by atoms with Crippen LogP contribution in [-0.2, 0) is 9.59 Å². The summed E-state index contributed by atoms with van der Waals surface area (Å²) in [6, 6.07) is 12.6. The molecule has 0 radical (unpaired) electrons. The largest absolute Gasteiger partial charge is 0.326 e. The number of hydrazone groups is 1. The molecule has 2 aromatic rings.